The Balaban J connectivity index is 1.96. The first-order chi connectivity index (χ1) is 7.78. The molecule has 1 saturated carbocycles. The van der Waals surface area contributed by atoms with Crippen LogP contribution in [-0.4, -0.2) is 22.6 Å². The summed E-state index contributed by atoms with van der Waals surface area (Å²) in [6, 6.07) is 2.75. The zero-order valence-corrected chi connectivity index (χ0v) is 9.99. The Kier molecular flexibility index (Phi) is 3.85. The monoisotopic (exact) mass is 221 g/mol. The molecule has 0 saturated heterocycles. The van der Waals surface area contributed by atoms with Crippen molar-refractivity contribution in [3.05, 3.63) is 23.3 Å². The van der Waals surface area contributed by atoms with E-state index >= 15 is 0 Å². The maximum Gasteiger partial charge on any atom is 0.154 e. The van der Waals surface area contributed by atoms with Crippen molar-refractivity contribution in [1.82, 2.24) is 15.3 Å². The normalized spacial score (nSPS) is 15.4. The van der Waals surface area contributed by atoms with Crippen LogP contribution in [0.1, 0.15) is 37.0 Å². The maximum atomic E-state index is 5.32. The van der Waals surface area contributed by atoms with Gasteiger partial charge in [-0.05, 0) is 32.8 Å². The van der Waals surface area contributed by atoms with Gasteiger partial charge < -0.3 is 10.1 Å². The number of hydrogen-bond acceptors (Lipinski definition) is 4. The van der Waals surface area contributed by atoms with Gasteiger partial charge in [-0.2, -0.15) is 0 Å². The summed E-state index contributed by atoms with van der Waals surface area (Å²) in [6.07, 6.45) is 2.60. The molecule has 88 valence electrons. The van der Waals surface area contributed by atoms with Crippen LogP contribution in [0.5, 0.6) is 0 Å². The van der Waals surface area contributed by atoms with E-state index in [0.29, 0.717) is 19.3 Å². The minimum absolute atomic E-state index is 0.509. The quantitative estimate of drug-likeness (QED) is 0.792. The Bertz CT molecular complexity index is 350. The number of aryl methyl sites for hydroxylation is 1. The van der Waals surface area contributed by atoms with Crippen molar-refractivity contribution < 1.29 is 4.74 Å². The highest BCUT2D eigenvalue weighted by molar-refractivity contribution is 5.10. The summed E-state index contributed by atoms with van der Waals surface area (Å²) >= 11 is 0. The zero-order valence-electron chi connectivity index (χ0n) is 9.99. The van der Waals surface area contributed by atoms with E-state index < -0.39 is 0 Å². The lowest BCUT2D eigenvalue weighted by Gasteiger charge is -2.06. The molecule has 16 heavy (non-hydrogen) atoms. The van der Waals surface area contributed by atoms with E-state index in [9.17, 15) is 0 Å². The predicted octanol–water partition coefficient (Wildman–Crippen LogP) is 1.57. The van der Waals surface area contributed by atoms with Crippen LogP contribution >= 0.6 is 0 Å². The van der Waals surface area contributed by atoms with E-state index in [1.165, 1.54) is 12.8 Å². The maximum absolute atomic E-state index is 5.32. The highest BCUT2D eigenvalue weighted by Crippen LogP contribution is 2.19. The molecular formula is C12H19N3O. The highest BCUT2D eigenvalue weighted by atomic mass is 16.5. The molecule has 2 rings (SSSR count). The van der Waals surface area contributed by atoms with E-state index in [0.717, 1.165) is 23.8 Å². The molecule has 4 nitrogen and oxygen atoms in total. The SMILES string of the molecule is CCOCc1nc(C)cc(CNC2CC2)n1. The van der Waals surface area contributed by atoms with Crippen molar-refractivity contribution in [2.24, 2.45) is 0 Å². The largest absolute Gasteiger partial charge is 0.374 e. The summed E-state index contributed by atoms with van der Waals surface area (Å²) in [7, 11) is 0. The average Bonchev–Trinajstić information content (AvgIpc) is 3.07. The van der Waals surface area contributed by atoms with Crippen LogP contribution in [0.3, 0.4) is 0 Å². The highest BCUT2D eigenvalue weighted by Gasteiger charge is 2.20. The second-order valence-corrected chi connectivity index (χ2v) is 4.21. The van der Waals surface area contributed by atoms with Crippen LogP contribution in [0.25, 0.3) is 0 Å². The van der Waals surface area contributed by atoms with E-state index in [1.807, 2.05) is 19.9 Å². The summed E-state index contributed by atoms with van der Waals surface area (Å²) in [4.78, 5) is 8.82. The van der Waals surface area contributed by atoms with Gasteiger partial charge in [-0.25, -0.2) is 9.97 Å². The second kappa shape index (κ2) is 5.37. The minimum Gasteiger partial charge on any atom is -0.374 e. The molecule has 1 aromatic rings. The Morgan fingerprint density at radius 3 is 2.94 bits per heavy atom. The number of ether oxygens (including phenoxy) is 1. The predicted molar refractivity (Wildman–Crippen MR) is 62.0 cm³/mol. The molecule has 1 N–H and O–H groups in total. The fourth-order valence-corrected chi connectivity index (χ4v) is 1.58. The number of nitrogens with one attached hydrogen (secondary N) is 1. The Morgan fingerprint density at radius 2 is 2.25 bits per heavy atom. The van der Waals surface area contributed by atoms with Crippen LogP contribution in [0, 0.1) is 6.92 Å². The first-order valence-electron chi connectivity index (χ1n) is 5.92. The third kappa shape index (κ3) is 3.54. The first-order valence-corrected chi connectivity index (χ1v) is 5.92. The molecule has 0 unspecified atom stereocenters. The van der Waals surface area contributed by atoms with Crippen molar-refractivity contribution in [2.75, 3.05) is 6.61 Å². The molecule has 0 aliphatic heterocycles. The first kappa shape index (κ1) is 11.5. The fourth-order valence-electron chi connectivity index (χ4n) is 1.58. The topological polar surface area (TPSA) is 47.0 Å². The lowest BCUT2D eigenvalue weighted by Crippen LogP contribution is -2.17. The molecule has 1 aliphatic carbocycles. The Hall–Kier alpha value is -1.00. The summed E-state index contributed by atoms with van der Waals surface area (Å²) in [5.41, 5.74) is 2.08. The van der Waals surface area contributed by atoms with Crippen LogP contribution in [0.4, 0.5) is 0 Å². The smallest absolute Gasteiger partial charge is 0.154 e. The van der Waals surface area contributed by atoms with Gasteiger partial charge in [-0.3, -0.25) is 0 Å². The Morgan fingerprint density at radius 1 is 1.44 bits per heavy atom. The van der Waals surface area contributed by atoms with Crippen LogP contribution in [0.15, 0.2) is 6.07 Å². The van der Waals surface area contributed by atoms with Gasteiger partial charge in [0.15, 0.2) is 5.82 Å². The lowest BCUT2D eigenvalue weighted by molar-refractivity contribution is 0.128. The van der Waals surface area contributed by atoms with Gasteiger partial charge in [-0.15, -0.1) is 0 Å². The van der Waals surface area contributed by atoms with Crippen molar-refractivity contribution in [3.8, 4) is 0 Å². The molecule has 0 radical (unpaired) electrons. The second-order valence-electron chi connectivity index (χ2n) is 4.21. The number of nitrogens with zero attached hydrogens (tertiary/aromatic N) is 2. The van der Waals surface area contributed by atoms with Gasteiger partial charge in [-0.1, -0.05) is 0 Å². The Labute approximate surface area is 96.4 Å². The summed E-state index contributed by atoms with van der Waals surface area (Å²) < 4.78 is 5.32. The zero-order chi connectivity index (χ0) is 11.4. The van der Waals surface area contributed by atoms with E-state index in [4.69, 9.17) is 4.74 Å². The third-order valence-corrected chi connectivity index (χ3v) is 2.54. The van der Waals surface area contributed by atoms with E-state index in [-0.39, 0.29) is 0 Å². The minimum atomic E-state index is 0.509. The van der Waals surface area contributed by atoms with Gasteiger partial charge in [0.2, 0.25) is 0 Å². The molecule has 0 bridgehead atoms. The lowest BCUT2D eigenvalue weighted by atomic mass is 10.3. The standard InChI is InChI=1S/C12H19N3O/c1-3-16-8-12-14-9(2)6-11(15-12)7-13-10-4-5-10/h6,10,13H,3-5,7-8H2,1-2H3. The van der Waals surface area contributed by atoms with E-state index in [2.05, 4.69) is 15.3 Å². The summed E-state index contributed by atoms with van der Waals surface area (Å²) in [5, 5.41) is 3.45. The molecule has 1 fully saturated rings. The molecule has 1 heterocycles. The summed E-state index contributed by atoms with van der Waals surface area (Å²) in [5.74, 6) is 0.787. The molecule has 4 heteroatoms. The van der Waals surface area contributed by atoms with Gasteiger partial charge in [0, 0.05) is 24.9 Å². The molecule has 0 aromatic carbocycles. The van der Waals surface area contributed by atoms with Crippen LogP contribution < -0.4 is 5.32 Å². The van der Waals surface area contributed by atoms with Crippen LogP contribution in [0.2, 0.25) is 0 Å². The van der Waals surface area contributed by atoms with Crippen molar-refractivity contribution in [2.45, 2.75) is 45.9 Å². The third-order valence-electron chi connectivity index (χ3n) is 2.54. The van der Waals surface area contributed by atoms with Gasteiger partial charge in [0.05, 0.1) is 5.69 Å². The van der Waals surface area contributed by atoms with Crippen LogP contribution in [-0.2, 0) is 17.9 Å². The van der Waals surface area contributed by atoms with Gasteiger partial charge >= 0.3 is 0 Å². The summed E-state index contributed by atoms with van der Waals surface area (Å²) in [6.45, 7) is 6.03. The average molecular weight is 221 g/mol. The molecular weight excluding hydrogens is 202 g/mol. The molecule has 0 amide bonds. The van der Waals surface area contributed by atoms with Crippen molar-refractivity contribution in [1.29, 1.82) is 0 Å². The molecule has 0 atom stereocenters. The number of hydrogen-bond donors (Lipinski definition) is 1. The van der Waals surface area contributed by atoms with Gasteiger partial charge in [0.25, 0.3) is 0 Å². The number of rotatable bonds is 6. The van der Waals surface area contributed by atoms with Crippen molar-refractivity contribution in [3.63, 3.8) is 0 Å². The molecule has 0 spiro atoms. The van der Waals surface area contributed by atoms with Gasteiger partial charge in [0.1, 0.15) is 6.61 Å². The molecule has 1 aliphatic rings. The fraction of sp³-hybridized carbons (Fsp3) is 0.667. The van der Waals surface area contributed by atoms with Crippen molar-refractivity contribution >= 4 is 0 Å². The molecule has 1 aromatic heterocycles. The number of aromatic nitrogens is 2. The van der Waals surface area contributed by atoms with E-state index in [1.54, 1.807) is 0 Å².